The Bertz CT molecular complexity index is 1080. The van der Waals surface area contributed by atoms with Crippen molar-refractivity contribution >= 4 is 34.7 Å². The van der Waals surface area contributed by atoms with Gasteiger partial charge in [-0.1, -0.05) is 17.7 Å². The zero-order valence-electron chi connectivity index (χ0n) is 13.6. The number of thiophene rings is 1. The molecule has 4 aromatic rings. The Morgan fingerprint density at radius 3 is 2.63 bits per heavy atom. The van der Waals surface area contributed by atoms with Crippen LogP contribution in [0.15, 0.2) is 60.1 Å². The van der Waals surface area contributed by atoms with Gasteiger partial charge in [0, 0.05) is 6.20 Å². The van der Waals surface area contributed by atoms with Gasteiger partial charge < -0.3 is 5.32 Å². The monoisotopic (exact) mass is 399 g/mol. The minimum atomic E-state index is -0.511. The van der Waals surface area contributed by atoms with Crippen molar-refractivity contribution in [3.05, 3.63) is 76.8 Å². The number of halogens is 2. The molecule has 0 aliphatic heterocycles. The van der Waals surface area contributed by atoms with Gasteiger partial charge in [0.1, 0.15) is 11.6 Å². The molecule has 0 bridgehead atoms. The van der Waals surface area contributed by atoms with Gasteiger partial charge in [0.2, 0.25) is 5.82 Å². The number of amides is 1. The van der Waals surface area contributed by atoms with Crippen molar-refractivity contribution in [1.29, 1.82) is 0 Å². The Hall–Kier alpha value is -3.10. The number of nitrogens with zero attached hydrogens (tertiary/aromatic N) is 4. The van der Waals surface area contributed by atoms with Crippen LogP contribution < -0.4 is 5.32 Å². The number of carbonyl (C=O) groups excluding carboxylic acids is 1. The highest BCUT2D eigenvalue weighted by molar-refractivity contribution is 7.13. The number of hydrogen-bond acceptors (Lipinski definition) is 5. The first-order chi connectivity index (χ1) is 13.1. The van der Waals surface area contributed by atoms with Gasteiger partial charge in [-0.2, -0.15) is 0 Å². The van der Waals surface area contributed by atoms with E-state index in [2.05, 4.69) is 20.4 Å². The third-order valence-electron chi connectivity index (χ3n) is 3.59. The molecule has 3 aromatic heterocycles. The summed E-state index contributed by atoms with van der Waals surface area (Å²) >= 11 is 7.26. The maximum absolute atomic E-state index is 13.3. The molecular formula is C18H11ClFN5OS. The van der Waals surface area contributed by atoms with Crippen LogP contribution in [-0.2, 0) is 0 Å². The summed E-state index contributed by atoms with van der Waals surface area (Å²) in [6.07, 6.45) is 1.43. The molecular weight excluding hydrogens is 389 g/mol. The van der Waals surface area contributed by atoms with Gasteiger partial charge in [0.15, 0.2) is 5.82 Å². The van der Waals surface area contributed by atoms with Crippen LogP contribution in [0.1, 0.15) is 10.6 Å². The Kier molecular flexibility index (Phi) is 4.66. The van der Waals surface area contributed by atoms with E-state index in [1.807, 2.05) is 17.5 Å². The maximum atomic E-state index is 13.3. The summed E-state index contributed by atoms with van der Waals surface area (Å²) in [7, 11) is 0. The van der Waals surface area contributed by atoms with Crippen molar-refractivity contribution in [2.75, 3.05) is 5.32 Å². The molecule has 1 amide bonds. The number of nitrogens with one attached hydrogen (secondary N) is 1. The molecule has 0 unspecified atom stereocenters. The van der Waals surface area contributed by atoms with Crippen LogP contribution in [-0.4, -0.2) is 25.7 Å². The smallest absolute Gasteiger partial charge is 0.296 e. The van der Waals surface area contributed by atoms with Gasteiger partial charge >= 0.3 is 0 Å². The van der Waals surface area contributed by atoms with Crippen LogP contribution in [0.3, 0.4) is 0 Å². The van der Waals surface area contributed by atoms with Crippen LogP contribution in [0.25, 0.3) is 16.4 Å². The zero-order chi connectivity index (χ0) is 18.8. The molecule has 0 saturated heterocycles. The summed E-state index contributed by atoms with van der Waals surface area (Å²) in [6, 6.07) is 12.7. The molecule has 4 rings (SSSR count). The number of anilines is 1. The Balaban J connectivity index is 1.71. The highest BCUT2D eigenvalue weighted by atomic mass is 35.5. The number of pyridine rings is 1. The van der Waals surface area contributed by atoms with Crippen molar-refractivity contribution in [2.24, 2.45) is 0 Å². The Labute approximate surface area is 162 Å². The van der Waals surface area contributed by atoms with E-state index in [-0.39, 0.29) is 11.6 Å². The summed E-state index contributed by atoms with van der Waals surface area (Å²) in [6.45, 7) is 0. The predicted octanol–water partition coefficient (Wildman–Crippen LogP) is 4.44. The molecule has 0 aliphatic carbocycles. The lowest BCUT2D eigenvalue weighted by molar-refractivity contribution is 0.101. The maximum Gasteiger partial charge on any atom is 0.296 e. The average Bonchev–Trinajstić information content (AvgIpc) is 3.33. The standard InChI is InChI=1S/C18H11ClFN5OS/c19-11-3-8-15(21-10-11)22-18(26)16-23-17(14-2-1-9-27-14)25(24-16)13-6-4-12(20)5-7-13/h1-10H,(H,21,22,26). The third-order valence-corrected chi connectivity index (χ3v) is 4.68. The molecule has 9 heteroatoms. The average molecular weight is 400 g/mol. The summed E-state index contributed by atoms with van der Waals surface area (Å²) in [4.78, 5) is 21.8. The van der Waals surface area contributed by atoms with E-state index in [0.717, 1.165) is 4.88 Å². The largest absolute Gasteiger partial charge is 0.304 e. The Morgan fingerprint density at radius 1 is 1.15 bits per heavy atom. The van der Waals surface area contributed by atoms with E-state index < -0.39 is 5.91 Å². The van der Waals surface area contributed by atoms with Gasteiger partial charge in [-0.3, -0.25) is 4.79 Å². The summed E-state index contributed by atoms with van der Waals surface area (Å²) in [5.74, 6) is -0.0719. The first kappa shape index (κ1) is 17.3. The highest BCUT2D eigenvalue weighted by Gasteiger charge is 2.19. The number of rotatable bonds is 4. The topological polar surface area (TPSA) is 72.7 Å². The fourth-order valence-electron chi connectivity index (χ4n) is 2.36. The van der Waals surface area contributed by atoms with Crippen molar-refractivity contribution in [2.45, 2.75) is 0 Å². The molecule has 3 heterocycles. The Morgan fingerprint density at radius 2 is 1.96 bits per heavy atom. The van der Waals surface area contributed by atoms with Crippen LogP contribution in [0.5, 0.6) is 0 Å². The van der Waals surface area contributed by atoms with Gasteiger partial charge in [-0.25, -0.2) is 19.0 Å². The van der Waals surface area contributed by atoms with E-state index in [9.17, 15) is 9.18 Å². The van der Waals surface area contributed by atoms with Gasteiger partial charge in [0.05, 0.1) is 15.6 Å². The van der Waals surface area contributed by atoms with Crippen molar-refractivity contribution in [3.63, 3.8) is 0 Å². The van der Waals surface area contributed by atoms with Crippen molar-refractivity contribution in [3.8, 4) is 16.4 Å². The second-order valence-electron chi connectivity index (χ2n) is 5.44. The lowest BCUT2D eigenvalue weighted by Crippen LogP contribution is -2.15. The summed E-state index contributed by atoms with van der Waals surface area (Å²) in [5, 5.41) is 9.30. The lowest BCUT2D eigenvalue weighted by atomic mass is 10.3. The molecule has 0 saturated carbocycles. The summed E-state index contributed by atoms with van der Waals surface area (Å²) in [5.41, 5.74) is 0.593. The van der Waals surface area contributed by atoms with Crippen molar-refractivity contribution < 1.29 is 9.18 Å². The van der Waals surface area contributed by atoms with E-state index in [1.165, 1.54) is 34.3 Å². The van der Waals surface area contributed by atoms with E-state index in [0.29, 0.717) is 22.4 Å². The molecule has 0 atom stereocenters. The lowest BCUT2D eigenvalue weighted by Gasteiger charge is -2.04. The van der Waals surface area contributed by atoms with E-state index in [1.54, 1.807) is 24.3 Å². The molecule has 27 heavy (non-hydrogen) atoms. The molecule has 134 valence electrons. The molecule has 0 radical (unpaired) electrons. The number of benzene rings is 1. The predicted molar refractivity (Wildman–Crippen MR) is 102 cm³/mol. The quantitative estimate of drug-likeness (QED) is 0.550. The molecule has 0 aliphatic rings. The van der Waals surface area contributed by atoms with Crippen LogP contribution in [0.2, 0.25) is 5.02 Å². The third kappa shape index (κ3) is 3.71. The number of aromatic nitrogens is 4. The van der Waals surface area contributed by atoms with Gasteiger partial charge in [0.25, 0.3) is 5.91 Å². The van der Waals surface area contributed by atoms with E-state index >= 15 is 0 Å². The normalized spacial score (nSPS) is 10.7. The molecule has 1 N–H and O–H groups in total. The highest BCUT2D eigenvalue weighted by Crippen LogP contribution is 2.26. The summed E-state index contributed by atoms with van der Waals surface area (Å²) < 4.78 is 14.8. The fourth-order valence-corrected chi connectivity index (χ4v) is 3.17. The first-order valence-corrected chi connectivity index (χ1v) is 9.06. The van der Waals surface area contributed by atoms with E-state index in [4.69, 9.17) is 11.6 Å². The van der Waals surface area contributed by atoms with Crippen LogP contribution in [0, 0.1) is 5.82 Å². The second-order valence-corrected chi connectivity index (χ2v) is 6.82. The minimum absolute atomic E-state index is 0.0283. The van der Waals surface area contributed by atoms with Gasteiger partial charge in [-0.15, -0.1) is 16.4 Å². The minimum Gasteiger partial charge on any atom is -0.304 e. The molecule has 6 nitrogen and oxygen atoms in total. The SMILES string of the molecule is O=C(Nc1ccc(Cl)cn1)c1nc(-c2cccs2)n(-c2ccc(F)cc2)n1. The molecule has 0 spiro atoms. The van der Waals surface area contributed by atoms with Crippen LogP contribution >= 0.6 is 22.9 Å². The van der Waals surface area contributed by atoms with Crippen molar-refractivity contribution in [1.82, 2.24) is 19.7 Å². The second kappa shape index (κ2) is 7.26. The molecule has 0 fully saturated rings. The number of carbonyl (C=O) groups is 1. The van der Waals surface area contributed by atoms with Crippen LogP contribution in [0.4, 0.5) is 10.2 Å². The zero-order valence-corrected chi connectivity index (χ0v) is 15.2. The fraction of sp³-hybridized carbons (Fsp3) is 0. The first-order valence-electron chi connectivity index (χ1n) is 7.80. The van der Waals surface area contributed by atoms with Gasteiger partial charge in [-0.05, 0) is 47.8 Å². The number of hydrogen-bond donors (Lipinski definition) is 1. The molecule has 1 aromatic carbocycles.